The Kier molecular flexibility index (Phi) is 5.33. The number of ether oxygens (including phenoxy) is 3. The fourth-order valence-corrected chi connectivity index (χ4v) is 3.92. The van der Waals surface area contributed by atoms with Crippen LogP contribution in [0.4, 0.5) is 4.79 Å². The Bertz CT molecular complexity index is 1020. The molecule has 164 valence electrons. The molecule has 1 unspecified atom stereocenters. The lowest BCUT2D eigenvalue weighted by Crippen LogP contribution is -2.45. The molecule has 8 heteroatoms. The first-order chi connectivity index (χ1) is 14.6. The van der Waals surface area contributed by atoms with Crippen molar-refractivity contribution in [3.8, 4) is 11.5 Å². The van der Waals surface area contributed by atoms with E-state index in [4.69, 9.17) is 25.8 Å². The molecule has 3 heterocycles. The molecule has 1 amide bonds. The highest BCUT2D eigenvalue weighted by Crippen LogP contribution is 2.48. The van der Waals surface area contributed by atoms with Crippen LogP contribution in [0.25, 0.3) is 0 Å². The van der Waals surface area contributed by atoms with E-state index in [-0.39, 0.29) is 12.3 Å². The Balaban J connectivity index is 1.54. The quantitative estimate of drug-likeness (QED) is 0.669. The van der Waals surface area contributed by atoms with Gasteiger partial charge in [-0.1, -0.05) is 23.7 Å². The number of para-hydroxylation sites is 1. The van der Waals surface area contributed by atoms with E-state index in [0.717, 1.165) is 5.56 Å². The summed E-state index contributed by atoms with van der Waals surface area (Å²) in [5.41, 5.74) is 0.719. The summed E-state index contributed by atoms with van der Waals surface area (Å²) in [4.78, 5) is 31.1. The van der Waals surface area contributed by atoms with Crippen molar-refractivity contribution in [3.05, 3.63) is 52.8 Å². The van der Waals surface area contributed by atoms with Crippen molar-refractivity contribution < 1.29 is 23.8 Å². The zero-order chi connectivity index (χ0) is 22.4. The number of fused-ring (bicyclic) bond motifs is 1. The molecule has 0 N–H and O–H groups in total. The molecule has 31 heavy (non-hydrogen) atoms. The minimum Gasteiger partial charge on any atom is -0.444 e. The molecule has 1 saturated heterocycles. The molecule has 2 aliphatic heterocycles. The zero-order valence-electron chi connectivity index (χ0n) is 18.0. The Morgan fingerprint density at radius 3 is 2.68 bits per heavy atom. The monoisotopic (exact) mass is 444 g/mol. The van der Waals surface area contributed by atoms with Gasteiger partial charge in [0.05, 0.1) is 17.5 Å². The Morgan fingerprint density at radius 2 is 2.03 bits per heavy atom. The number of hydrogen-bond acceptors (Lipinski definition) is 6. The maximum absolute atomic E-state index is 13.0. The van der Waals surface area contributed by atoms with Crippen LogP contribution in [-0.2, 0) is 15.3 Å². The van der Waals surface area contributed by atoms with Crippen LogP contribution in [0.15, 0.2) is 36.5 Å². The lowest BCUT2D eigenvalue weighted by atomic mass is 9.87. The molecule has 0 bridgehead atoms. The number of amides is 1. The summed E-state index contributed by atoms with van der Waals surface area (Å²) in [6, 6.07) is 8.99. The Labute approximate surface area is 186 Å². The Hall–Kier alpha value is -2.80. The number of likely N-dealkylation sites (tertiary alicyclic amines) is 1. The van der Waals surface area contributed by atoms with Gasteiger partial charge in [-0.3, -0.25) is 9.78 Å². The second-order valence-corrected chi connectivity index (χ2v) is 9.33. The topological polar surface area (TPSA) is 78.0 Å². The summed E-state index contributed by atoms with van der Waals surface area (Å²) in [7, 11) is 0. The zero-order valence-corrected chi connectivity index (χ0v) is 18.7. The average Bonchev–Trinajstić information content (AvgIpc) is 3.04. The van der Waals surface area contributed by atoms with Gasteiger partial charge < -0.3 is 19.1 Å². The van der Waals surface area contributed by atoms with Gasteiger partial charge in [-0.2, -0.15) is 0 Å². The fourth-order valence-electron chi connectivity index (χ4n) is 3.81. The van der Waals surface area contributed by atoms with Crippen molar-refractivity contribution in [1.82, 2.24) is 9.88 Å². The standard InChI is InChI=1S/C23H25ClN2O5/c1-22(2,3)31-21(28)26-11-10-15(17(27)13-26)16-6-5-7-18-20(16)30-23(4,29-18)19-9-8-14(24)12-25-19/h5-9,12,15H,10-11,13H2,1-4H3/t15?,23-/m1/s1. The van der Waals surface area contributed by atoms with Gasteiger partial charge in [-0.15, -0.1) is 0 Å². The number of carbonyl (C=O) groups is 2. The molecule has 1 fully saturated rings. The summed E-state index contributed by atoms with van der Waals surface area (Å²) in [5, 5.41) is 0.519. The minimum absolute atomic E-state index is 0.000112. The van der Waals surface area contributed by atoms with E-state index in [1.54, 1.807) is 45.9 Å². The van der Waals surface area contributed by atoms with Crippen molar-refractivity contribution in [1.29, 1.82) is 0 Å². The lowest BCUT2D eigenvalue weighted by Gasteiger charge is -2.33. The number of hydrogen-bond donors (Lipinski definition) is 0. The first kappa shape index (κ1) is 21.4. The number of pyridine rings is 1. The van der Waals surface area contributed by atoms with Crippen LogP contribution in [0.2, 0.25) is 5.02 Å². The van der Waals surface area contributed by atoms with Crippen LogP contribution in [0, 0.1) is 0 Å². The summed E-state index contributed by atoms with van der Waals surface area (Å²) >= 11 is 5.95. The first-order valence-electron chi connectivity index (χ1n) is 10.2. The summed E-state index contributed by atoms with van der Waals surface area (Å²) in [5.74, 6) is -0.487. The third-order valence-electron chi connectivity index (χ3n) is 5.25. The van der Waals surface area contributed by atoms with E-state index in [0.29, 0.717) is 35.2 Å². The number of carbonyl (C=O) groups excluding carboxylic acids is 2. The number of benzene rings is 1. The molecular weight excluding hydrogens is 420 g/mol. The van der Waals surface area contributed by atoms with E-state index >= 15 is 0 Å². The highest BCUT2D eigenvalue weighted by molar-refractivity contribution is 6.30. The van der Waals surface area contributed by atoms with Crippen LogP contribution in [0.5, 0.6) is 11.5 Å². The molecule has 1 aromatic carbocycles. The van der Waals surface area contributed by atoms with E-state index in [1.165, 1.54) is 11.1 Å². The molecule has 2 aliphatic rings. The van der Waals surface area contributed by atoms with Crippen LogP contribution < -0.4 is 9.47 Å². The average molecular weight is 445 g/mol. The highest BCUT2D eigenvalue weighted by Gasteiger charge is 2.43. The van der Waals surface area contributed by atoms with Crippen LogP contribution in [-0.4, -0.2) is 40.5 Å². The number of halogens is 1. The molecule has 0 radical (unpaired) electrons. The minimum atomic E-state index is -1.12. The van der Waals surface area contributed by atoms with E-state index < -0.39 is 23.4 Å². The third kappa shape index (κ3) is 4.32. The number of nitrogens with zero attached hydrogens (tertiary/aromatic N) is 2. The largest absolute Gasteiger partial charge is 0.444 e. The SMILES string of the molecule is CC(C)(C)OC(=O)N1CCC(c2cccc3c2O[C@](C)(c2ccc(Cl)cn2)O3)C(=O)C1. The van der Waals surface area contributed by atoms with Gasteiger partial charge in [-0.25, -0.2) is 4.79 Å². The predicted molar refractivity (Wildman–Crippen MR) is 114 cm³/mol. The molecule has 1 aromatic heterocycles. The smallest absolute Gasteiger partial charge is 0.410 e. The van der Waals surface area contributed by atoms with Crippen molar-refractivity contribution in [2.45, 2.75) is 51.4 Å². The normalized spacial score (nSPS) is 23.1. The van der Waals surface area contributed by atoms with Crippen molar-refractivity contribution in [2.24, 2.45) is 0 Å². The number of piperidine rings is 1. The molecule has 4 rings (SSSR count). The van der Waals surface area contributed by atoms with Gasteiger partial charge in [0.1, 0.15) is 11.3 Å². The molecule has 7 nitrogen and oxygen atoms in total. The number of ketones is 1. The van der Waals surface area contributed by atoms with E-state index in [1.807, 2.05) is 12.1 Å². The number of aromatic nitrogens is 1. The van der Waals surface area contributed by atoms with Crippen LogP contribution in [0.1, 0.15) is 51.3 Å². The number of rotatable bonds is 2. The van der Waals surface area contributed by atoms with Crippen molar-refractivity contribution in [2.75, 3.05) is 13.1 Å². The maximum atomic E-state index is 13.0. The van der Waals surface area contributed by atoms with E-state index in [9.17, 15) is 9.59 Å². The second-order valence-electron chi connectivity index (χ2n) is 8.90. The molecular formula is C23H25ClN2O5. The molecule has 0 aliphatic carbocycles. The van der Waals surface area contributed by atoms with Crippen molar-refractivity contribution >= 4 is 23.5 Å². The van der Waals surface area contributed by atoms with Crippen molar-refractivity contribution in [3.63, 3.8) is 0 Å². The summed E-state index contributed by atoms with van der Waals surface area (Å²) in [6.45, 7) is 7.61. The van der Waals surface area contributed by atoms with Gasteiger partial charge >= 0.3 is 6.09 Å². The summed E-state index contributed by atoms with van der Waals surface area (Å²) in [6.07, 6.45) is 1.54. The molecule has 0 spiro atoms. The van der Waals surface area contributed by atoms with Crippen LogP contribution in [0.3, 0.4) is 0 Å². The first-order valence-corrected chi connectivity index (χ1v) is 10.6. The van der Waals surface area contributed by atoms with Gasteiger partial charge in [-0.05, 0) is 45.4 Å². The fraction of sp³-hybridized carbons (Fsp3) is 0.435. The van der Waals surface area contributed by atoms with Gasteiger partial charge in [0.15, 0.2) is 17.3 Å². The lowest BCUT2D eigenvalue weighted by molar-refractivity contribution is -0.124. The number of Topliss-reactive ketones (excluding diaryl/α,β-unsaturated/α-hetero) is 1. The highest BCUT2D eigenvalue weighted by atomic mass is 35.5. The van der Waals surface area contributed by atoms with Gasteiger partial charge in [0.2, 0.25) is 0 Å². The maximum Gasteiger partial charge on any atom is 0.410 e. The van der Waals surface area contributed by atoms with Gasteiger partial charge in [0, 0.05) is 25.2 Å². The molecule has 2 atom stereocenters. The van der Waals surface area contributed by atoms with Crippen LogP contribution >= 0.6 is 11.6 Å². The predicted octanol–water partition coefficient (Wildman–Crippen LogP) is 4.67. The van der Waals surface area contributed by atoms with E-state index in [2.05, 4.69) is 4.98 Å². The second kappa shape index (κ2) is 7.71. The molecule has 0 saturated carbocycles. The third-order valence-corrected chi connectivity index (χ3v) is 5.48. The van der Waals surface area contributed by atoms with Gasteiger partial charge in [0.25, 0.3) is 5.79 Å². The summed E-state index contributed by atoms with van der Waals surface area (Å²) < 4.78 is 17.7. The Morgan fingerprint density at radius 1 is 1.26 bits per heavy atom. The molecule has 2 aromatic rings.